The van der Waals surface area contributed by atoms with Crippen molar-refractivity contribution in [2.75, 3.05) is 7.11 Å². The molecule has 16 heavy (non-hydrogen) atoms. The third-order valence-corrected chi connectivity index (χ3v) is 3.33. The molecule has 0 saturated carbocycles. The minimum absolute atomic E-state index is 0.0681. The fourth-order valence-corrected chi connectivity index (χ4v) is 1.74. The van der Waals surface area contributed by atoms with Crippen molar-refractivity contribution in [3.63, 3.8) is 0 Å². The Morgan fingerprint density at radius 2 is 2.19 bits per heavy atom. The maximum absolute atomic E-state index is 11.6. The van der Waals surface area contributed by atoms with Crippen LogP contribution in [0.4, 0.5) is 0 Å². The summed E-state index contributed by atoms with van der Waals surface area (Å²) in [6.45, 7) is 4.69. The van der Waals surface area contributed by atoms with E-state index in [9.17, 15) is 4.79 Å². The third-order valence-electron chi connectivity index (χ3n) is 2.22. The monoisotopic (exact) mass is 336 g/mol. The summed E-state index contributed by atoms with van der Waals surface area (Å²) in [4.78, 5) is 18.8. The van der Waals surface area contributed by atoms with Gasteiger partial charge in [-0.2, -0.15) is 0 Å². The second-order valence-electron chi connectivity index (χ2n) is 4.14. The van der Waals surface area contributed by atoms with E-state index in [1.807, 2.05) is 22.6 Å². The standard InChI is InChI=1S/C11H17IN2O2/c1-7(2)4-5-9-13-8(6-16-3)10(12)11(15)14-9/h7H,4-6H2,1-3H3,(H,13,14,15). The lowest BCUT2D eigenvalue weighted by Crippen LogP contribution is -2.18. The Morgan fingerprint density at radius 1 is 1.50 bits per heavy atom. The molecule has 0 saturated heterocycles. The maximum atomic E-state index is 11.6. The van der Waals surface area contributed by atoms with Crippen LogP contribution in [0.1, 0.15) is 31.8 Å². The van der Waals surface area contributed by atoms with E-state index >= 15 is 0 Å². The molecule has 0 aliphatic carbocycles. The first kappa shape index (κ1) is 13.6. The first-order valence-corrected chi connectivity index (χ1v) is 6.39. The molecule has 0 amide bonds. The molecule has 1 N–H and O–H groups in total. The molecule has 0 atom stereocenters. The molecule has 0 radical (unpaired) electrons. The van der Waals surface area contributed by atoms with Crippen molar-refractivity contribution >= 4 is 22.6 Å². The van der Waals surface area contributed by atoms with Crippen LogP contribution in [0, 0.1) is 9.49 Å². The number of halogens is 1. The highest BCUT2D eigenvalue weighted by molar-refractivity contribution is 14.1. The molecule has 1 aromatic heterocycles. The van der Waals surface area contributed by atoms with Crippen molar-refractivity contribution in [1.29, 1.82) is 0 Å². The van der Waals surface area contributed by atoms with Gasteiger partial charge in [0.05, 0.1) is 12.3 Å². The van der Waals surface area contributed by atoms with Crippen LogP contribution in [0.3, 0.4) is 0 Å². The summed E-state index contributed by atoms with van der Waals surface area (Å²) in [5.74, 6) is 1.36. The van der Waals surface area contributed by atoms with Crippen LogP contribution < -0.4 is 5.56 Å². The summed E-state index contributed by atoms with van der Waals surface area (Å²) < 4.78 is 5.64. The van der Waals surface area contributed by atoms with Crippen LogP contribution in [-0.4, -0.2) is 17.1 Å². The Morgan fingerprint density at radius 3 is 2.75 bits per heavy atom. The van der Waals surface area contributed by atoms with Gasteiger partial charge in [0.15, 0.2) is 0 Å². The summed E-state index contributed by atoms with van der Waals surface area (Å²) in [5.41, 5.74) is 0.659. The Labute approximate surface area is 109 Å². The van der Waals surface area contributed by atoms with Crippen molar-refractivity contribution in [2.45, 2.75) is 33.3 Å². The highest BCUT2D eigenvalue weighted by Gasteiger charge is 2.08. The van der Waals surface area contributed by atoms with Gasteiger partial charge in [-0.25, -0.2) is 4.98 Å². The van der Waals surface area contributed by atoms with E-state index in [2.05, 4.69) is 23.8 Å². The van der Waals surface area contributed by atoms with Gasteiger partial charge in [0.2, 0.25) is 0 Å². The quantitative estimate of drug-likeness (QED) is 0.838. The summed E-state index contributed by atoms with van der Waals surface area (Å²) >= 11 is 2.00. The number of hydrogen-bond donors (Lipinski definition) is 1. The van der Waals surface area contributed by atoms with Gasteiger partial charge in [0, 0.05) is 13.5 Å². The van der Waals surface area contributed by atoms with Crippen LogP contribution in [0.25, 0.3) is 0 Å². The molecular weight excluding hydrogens is 319 g/mol. The summed E-state index contributed by atoms with van der Waals surface area (Å²) in [5, 5.41) is 0. The molecule has 0 unspecified atom stereocenters. The van der Waals surface area contributed by atoms with Crippen LogP contribution in [0.5, 0.6) is 0 Å². The average Bonchev–Trinajstić information content (AvgIpc) is 2.22. The molecule has 1 aromatic rings. The number of aryl methyl sites for hydroxylation is 1. The number of methoxy groups -OCH3 is 1. The predicted molar refractivity (Wildman–Crippen MR) is 71.4 cm³/mol. The van der Waals surface area contributed by atoms with Gasteiger partial charge < -0.3 is 9.72 Å². The van der Waals surface area contributed by atoms with Gasteiger partial charge in [-0.1, -0.05) is 13.8 Å². The molecule has 90 valence electrons. The van der Waals surface area contributed by atoms with Gasteiger partial charge in [-0.3, -0.25) is 4.79 Å². The van der Waals surface area contributed by atoms with Crippen LogP contribution in [0.15, 0.2) is 4.79 Å². The van der Waals surface area contributed by atoms with E-state index in [-0.39, 0.29) is 5.56 Å². The smallest absolute Gasteiger partial charge is 0.264 e. The minimum atomic E-state index is -0.0681. The lowest BCUT2D eigenvalue weighted by atomic mass is 10.1. The van der Waals surface area contributed by atoms with Crippen LogP contribution in [0.2, 0.25) is 0 Å². The number of nitrogens with one attached hydrogen (secondary N) is 1. The topological polar surface area (TPSA) is 55.0 Å². The van der Waals surface area contributed by atoms with E-state index in [0.717, 1.165) is 24.4 Å². The Hall–Kier alpha value is -0.430. The molecule has 1 rings (SSSR count). The molecule has 5 heteroatoms. The molecule has 0 fully saturated rings. The van der Waals surface area contributed by atoms with E-state index in [0.29, 0.717) is 16.1 Å². The van der Waals surface area contributed by atoms with Gasteiger partial charge in [-0.05, 0) is 34.9 Å². The van der Waals surface area contributed by atoms with Crippen LogP contribution in [-0.2, 0) is 17.8 Å². The normalized spacial score (nSPS) is 11.1. The highest BCUT2D eigenvalue weighted by Crippen LogP contribution is 2.08. The number of hydrogen-bond acceptors (Lipinski definition) is 3. The number of nitrogens with zero attached hydrogens (tertiary/aromatic N) is 1. The van der Waals surface area contributed by atoms with E-state index in [4.69, 9.17) is 4.74 Å². The number of aromatic nitrogens is 2. The second-order valence-corrected chi connectivity index (χ2v) is 5.22. The SMILES string of the molecule is COCc1nc(CCC(C)C)[nH]c(=O)c1I. The molecule has 4 nitrogen and oxygen atoms in total. The van der Waals surface area contributed by atoms with Gasteiger partial charge in [0.1, 0.15) is 9.39 Å². The molecule has 0 aromatic carbocycles. The molecule has 0 bridgehead atoms. The highest BCUT2D eigenvalue weighted by atomic mass is 127. The minimum Gasteiger partial charge on any atom is -0.378 e. The number of H-pyrrole nitrogens is 1. The lowest BCUT2D eigenvalue weighted by Gasteiger charge is -2.07. The van der Waals surface area contributed by atoms with Crippen molar-refractivity contribution in [3.05, 3.63) is 25.4 Å². The first-order chi connectivity index (χ1) is 7.54. The lowest BCUT2D eigenvalue weighted by molar-refractivity contribution is 0.180. The van der Waals surface area contributed by atoms with Crippen molar-refractivity contribution < 1.29 is 4.74 Å². The number of rotatable bonds is 5. The predicted octanol–water partition coefficient (Wildman–Crippen LogP) is 2.11. The Bertz CT molecular complexity index is 401. The number of aromatic amines is 1. The van der Waals surface area contributed by atoms with Crippen molar-refractivity contribution in [1.82, 2.24) is 9.97 Å². The first-order valence-electron chi connectivity index (χ1n) is 5.31. The van der Waals surface area contributed by atoms with Crippen molar-refractivity contribution in [3.8, 4) is 0 Å². The van der Waals surface area contributed by atoms with Gasteiger partial charge >= 0.3 is 0 Å². The van der Waals surface area contributed by atoms with Crippen LogP contribution >= 0.6 is 22.6 Å². The molecule has 0 spiro atoms. The average molecular weight is 336 g/mol. The largest absolute Gasteiger partial charge is 0.378 e. The maximum Gasteiger partial charge on any atom is 0.264 e. The fraction of sp³-hybridized carbons (Fsp3) is 0.636. The summed E-state index contributed by atoms with van der Waals surface area (Å²) in [6.07, 6.45) is 1.83. The van der Waals surface area contributed by atoms with E-state index in [1.54, 1.807) is 7.11 Å². The molecule has 0 aliphatic heterocycles. The molecule has 1 heterocycles. The fourth-order valence-electron chi connectivity index (χ4n) is 1.33. The Balaban J connectivity index is 2.90. The zero-order valence-corrected chi connectivity index (χ0v) is 12.0. The second kappa shape index (κ2) is 6.34. The van der Waals surface area contributed by atoms with Gasteiger partial charge in [0.25, 0.3) is 5.56 Å². The zero-order chi connectivity index (χ0) is 12.1. The third kappa shape index (κ3) is 3.86. The van der Waals surface area contributed by atoms with E-state index < -0.39 is 0 Å². The molecular formula is C11H17IN2O2. The zero-order valence-electron chi connectivity index (χ0n) is 9.84. The summed E-state index contributed by atoms with van der Waals surface area (Å²) in [6, 6.07) is 0. The Kier molecular flexibility index (Phi) is 5.40. The van der Waals surface area contributed by atoms with Gasteiger partial charge in [-0.15, -0.1) is 0 Å². The van der Waals surface area contributed by atoms with E-state index in [1.165, 1.54) is 0 Å². The van der Waals surface area contributed by atoms with Crippen molar-refractivity contribution in [2.24, 2.45) is 5.92 Å². The summed E-state index contributed by atoms with van der Waals surface area (Å²) in [7, 11) is 1.60. The molecule has 0 aliphatic rings. The number of ether oxygens (including phenoxy) is 1.